The van der Waals surface area contributed by atoms with Crippen LogP contribution in [-0.4, -0.2) is 17.3 Å². The Bertz CT molecular complexity index is 248. The van der Waals surface area contributed by atoms with E-state index in [2.05, 4.69) is 24.1 Å². The first-order valence-corrected chi connectivity index (χ1v) is 4.91. The lowest BCUT2D eigenvalue weighted by molar-refractivity contribution is 1.07. The number of hydrogen-bond donors (Lipinski definition) is 1. The highest BCUT2D eigenvalue weighted by Gasteiger charge is 2.03. The molecule has 1 N–H and O–H groups in total. The fourth-order valence-corrected chi connectivity index (χ4v) is 1.76. The number of hydrogen-bond acceptors (Lipinski definition) is 3. The van der Waals surface area contributed by atoms with E-state index < -0.39 is 0 Å². The lowest BCUT2D eigenvalue weighted by Crippen LogP contribution is -1.95. The highest BCUT2D eigenvalue weighted by Crippen LogP contribution is 2.27. The van der Waals surface area contributed by atoms with E-state index in [4.69, 9.17) is 0 Å². The van der Waals surface area contributed by atoms with E-state index in [0.717, 1.165) is 10.7 Å². The number of nitrogens with zero attached hydrogens (tertiary/aromatic N) is 1. The molecule has 0 amide bonds. The van der Waals surface area contributed by atoms with Crippen molar-refractivity contribution in [3.63, 3.8) is 0 Å². The number of nitrogens with one attached hydrogen (secondary N) is 1. The maximum atomic E-state index is 4.29. The monoisotopic (exact) mass is 182 g/mol. The Labute approximate surface area is 77.8 Å². The number of thioether (sulfide) groups is 1. The van der Waals surface area contributed by atoms with Crippen LogP contribution in [0.25, 0.3) is 0 Å². The lowest BCUT2D eigenvalue weighted by atomic mass is 10.4. The van der Waals surface area contributed by atoms with Gasteiger partial charge in [-0.15, -0.1) is 11.8 Å². The SMILES string of the molecule is CNc1cccnc1SC(C)C. The van der Waals surface area contributed by atoms with Crippen LogP contribution in [0.1, 0.15) is 13.8 Å². The van der Waals surface area contributed by atoms with Crippen LogP contribution in [0.2, 0.25) is 0 Å². The lowest BCUT2D eigenvalue weighted by Gasteiger charge is -2.08. The fraction of sp³-hybridized carbons (Fsp3) is 0.444. The van der Waals surface area contributed by atoms with Gasteiger partial charge in [0.1, 0.15) is 5.03 Å². The van der Waals surface area contributed by atoms with Gasteiger partial charge in [-0.2, -0.15) is 0 Å². The van der Waals surface area contributed by atoms with Crippen molar-refractivity contribution in [2.45, 2.75) is 24.1 Å². The van der Waals surface area contributed by atoms with Crippen LogP contribution >= 0.6 is 11.8 Å². The van der Waals surface area contributed by atoms with Gasteiger partial charge < -0.3 is 5.32 Å². The van der Waals surface area contributed by atoms with Gasteiger partial charge in [-0.05, 0) is 12.1 Å². The van der Waals surface area contributed by atoms with E-state index in [1.807, 2.05) is 25.4 Å². The molecular formula is C9H14N2S. The summed E-state index contributed by atoms with van der Waals surface area (Å²) in [7, 11) is 1.92. The third kappa shape index (κ3) is 2.41. The van der Waals surface area contributed by atoms with E-state index in [0.29, 0.717) is 5.25 Å². The summed E-state index contributed by atoms with van der Waals surface area (Å²) in [5.74, 6) is 0. The second kappa shape index (κ2) is 4.36. The molecule has 1 aromatic rings. The zero-order valence-electron chi connectivity index (χ0n) is 7.66. The van der Waals surface area contributed by atoms with Crippen LogP contribution in [0.15, 0.2) is 23.4 Å². The Morgan fingerprint density at radius 3 is 2.83 bits per heavy atom. The van der Waals surface area contributed by atoms with Gasteiger partial charge in [0.25, 0.3) is 0 Å². The molecule has 0 atom stereocenters. The van der Waals surface area contributed by atoms with Crippen LogP contribution in [-0.2, 0) is 0 Å². The van der Waals surface area contributed by atoms with Gasteiger partial charge >= 0.3 is 0 Å². The molecule has 0 fully saturated rings. The minimum Gasteiger partial charge on any atom is -0.386 e. The average Bonchev–Trinajstić information content (AvgIpc) is 2.04. The van der Waals surface area contributed by atoms with E-state index >= 15 is 0 Å². The molecule has 0 saturated carbocycles. The molecule has 0 spiro atoms. The molecule has 0 aliphatic rings. The van der Waals surface area contributed by atoms with Gasteiger partial charge in [0.15, 0.2) is 0 Å². The number of aromatic nitrogens is 1. The molecule has 0 saturated heterocycles. The highest BCUT2D eigenvalue weighted by atomic mass is 32.2. The summed E-state index contributed by atoms with van der Waals surface area (Å²) >= 11 is 1.78. The van der Waals surface area contributed by atoms with Crippen molar-refractivity contribution in [2.24, 2.45) is 0 Å². The molecule has 1 aromatic heterocycles. The van der Waals surface area contributed by atoms with Crippen molar-refractivity contribution in [3.8, 4) is 0 Å². The van der Waals surface area contributed by atoms with E-state index in [1.165, 1.54) is 0 Å². The Morgan fingerprint density at radius 1 is 1.50 bits per heavy atom. The van der Waals surface area contributed by atoms with Crippen LogP contribution < -0.4 is 5.32 Å². The first kappa shape index (κ1) is 9.39. The highest BCUT2D eigenvalue weighted by molar-refractivity contribution is 7.99. The Hall–Kier alpha value is -0.700. The predicted molar refractivity (Wildman–Crippen MR) is 54.8 cm³/mol. The van der Waals surface area contributed by atoms with E-state index in [1.54, 1.807) is 11.8 Å². The molecule has 1 rings (SSSR count). The number of rotatable bonds is 3. The molecule has 1 heterocycles. The number of pyridine rings is 1. The standard InChI is InChI=1S/C9H14N2S/c1-7(2)12-9-8(10-3)5-4-6-11-9/h4-7,10H,1-3H3. The first-order chi connectivity index (χ1) is 5.74. The van der Waals surface area contributed by atoms with Crippen LogP contribution in [0, 0.1) is 0 Å². The van der Waals surface area contributed by atoms with Gasteiger partial charge in [0.05, 0.1) is 5.69 Å². The van der Waals surface area contributed by atoms with Crippen molar-refractivity contribution in [3.05, 3.63) is 18.3 Å². The maximum absolute atomic E-state index is 4.29. The van der Waals surface area contributed by atoms with Crippen molar-refractivity contribution in [2.75, 3.05) is 12.4 Å². The van der Waals surface area contributed by atoms with Gasteiger partial charge in [-0.3, -0.25) is 0 Å². The van der Waals surface area contributed by atoms with Crippen molar-refractivity contribution in [1.29, 1.82) is 0 Å². The minimum atomic E-state index is 0.576. The van der Waals surface area contributed by atoms with E-state index in [-0.39, 0.29) is 0 Å². The number of anilines is 1. The van der Waals surface area contributed by atoms with Gasteiger partial charge in [-0.25, -0.2) is 4.98 Å². The second-order valence-electron chi connectivity index (χ2n) is 2.77. The summed E-state index contributed by atoms with van der Waals surface area (Å²) in [6.45, 7) is 4.33. The van der Waals surface area contributed by atoms with E-state index in [9.17, 15) is 0 Å². The van der Waals surface area contributed by atoms with Crippen LogP contribution in [0.4, 0.5) is 5.69 Å². The molecule has 0 bridgehead atoms. The summed E-state index contributed by atoms with van der Waals surface area (Å²) < 4.78 is 0. The fourth-order valence-electron chi connectivity index (χ4n) is 0.898. The topological polar surface area (TPSA) is 24.9 Å². The summed E-state index contributed by atoms with van der Waals surface area (Å²) in [5.41, 5.74) is 1.11. The molecular weight excluding hydrogens is 168 g/mol. The largest absolute Gasteiger partial charge is 0.386 e. The van der Waals surface area contributed by atoms with Crippen molar-refractivity contribution in [1.82, 2.24) is 4.98 Å². The van der Waals surface area contributed by atoms with Gasteiger partial charge in [0.2, 0.25) is 0 Å². The maximum Gasteiger partial charge on any atom is 0.119 e. The average molecular weight is 182 g/mol. The van der Waals surface area contributed by atoms with Gasteiger partial charge in [0, 0.05) is 18.5 Å². The third-order valence-electron chi connectivity index (χ3n) is 1.39. The normalized spacial score (nSPS) is 10.3. The summed E-state index contributed by atoms with van der Waals surface area (Å²) in [4.78, 5) is 4.29. The molecule has 0 aliphatic carbocycles. The van der Waals surface area contributed by atoms with Crippen molar-refractivity contribution >= 4 is 17.4 Å². The summed E-state index contributed by atoms with van der Waals surface area (Å²) in [6, 6.07) is 3.98. The smallest absolute Gasteiger partial charge is 0.119 e. The Morgan fingerprint density at radius 2 is 2.25 bits per heavy atom. The van der Waals surface area contributed by atoms with Crippen LogP contribution in [0.5, 0.6) is 0 Å². The molecule has 12 heavy (non-hydrogen) atoms. The first-order valence-electron chi connectivity index (χ1n) is 4.03. The predicted octanol–water partition coefficient (Wildman–Crippen LogP) is 2.62. The molecule has 3 heteroatoms. The Balaban J connectivity index is 2.82. The minimum absolute atomic E-state index is 0.576. The van der Waals surface area contributed by atoms with Crippen LogP contribution in [0.3, 0.4) is 0 Å². The van der Waals surface area contributed by atoms with Gasteiger partial charge in [-0.1, -0.05) is 13.8 Å². The quantitative estimate of drug-likeness (QED) is 0.727. The summed E-state index contributed by atoms with van der Waals surface area (Å²) in [5, 5.41) is 4.77. The molecule has 0 radical (unpaired) electrons. The second-order valence-corrected chi connectivity index (χ2v) is 4.34. The molecule has 0 unspecified atom stereocenters. The molecule has 0 aromatic carbocycles. The Kier molecular flexibility index (Phi) is 3.41. The molecule has 2 nitrogen and oxygen atoms in total. The molecule has 66 valence electrons. The summed E-state index contributed by atoms with van der Waals surface area (Å²) in [6.07, 6.45) is 1.82. The molecule has 0 aliphatic heterocycles. The van der Waals surface area contributed by atoms with Crippen molar-refractivity contribution < 1.29 is 0 Å². The zero-order chi connectivity index (χ0) is 8.97. The third-order valence-corrected chi connectivity index (χ3v) is 2.41. The zero-order valence-corrected chi connectivity index (χ0v) is 8.48.